The molecule has 0 spiro atoms. The summed E-state index contributed by atoms with van der Waals surface area (Å²) in [5, 5.41) is 3.86. The predicted molar refractivity (Wildman–Crippen MR) is 43.2 cm³/mol. The number of hydrogen-bond acceptors (Lipinski definition) is 4. The number of rotatable bonds is 1. The summed E-state index contributed by atoms with van der Waals surface area (Å²) in [5.41, 5.74) is 5.52. The van der Waals surface area contributed by atoms with Crippen molar-refractivity contribution in [2.24, 2.45) is 5.73 Å². The van der Waals surface area contributed by atoms with Crippen LogP contribution in [0.25, 0.3) is 5.65 Å². The number of amides is 1. The van der Waals surface area contributed by atoms with E-state index in [2.05, 4.69) is 14.8 Å². The topological polar surface area (TPSA) is 82.5 Å². The van der Waals surface area contributed by atoms with Crippen LogP contribution in [0.1, 0.15) is 0 Å². The van der Waals surface area contributed by atoms with Gasteiger partial charge in [-0.2, -0.15) is 5.10 Å². The molecule has 0 aliphatic carbocycles. The van der Waals surface area contributed by atoms with Crippen molar-refractivity contribution in [2.45, 2.75) is 0 Å². The van der Waals surface area contributed by atoms with Crippen LogP contribution in [-0.2, 0) is 0 Å². The van der Waals surface area contributed by atoms with Gasteiger partial charge in [0, 0.05) is 0 Å². The highest BCUT2D eigenvalue weighted by atomic mass is 16.5. The van der Waals surface area contributed by atoms with E-state index in [-0.39, 0.29) is 0 Å². The Kier molecular flexibility index (Phi) is 1.59. The van der Waals surface area contributed by atoms with Gasteiger partial charge in [0.1, 0.15) is 6.33 Å². The van der Waals surface area contributed by atoms with Crippen LogP contribution in [0.15, 0.2) is 24.7 Å². The molecule has 0 bridgehead atoms. The van der Waals surface area contributed by atoms with Gasteiger partial charge in [0.25, 0.3) is 0 Å². The van der Waals surface area contributed by atoms with E-state index in [0.717, 1.165) is 0 Å². The van der Waals surface area contributed by atoms with Gasteiger partial charge in [0.2, 0.25) is 0 Å². The highest BCUT2D eigenvalue weighted by Gasteiger charge is 2.00. The summed E-state index contributed by atoms with van der Waals surface area (Å²) in [6.45, 7) is 0. The Bertz CT molecular complexity index is 450. The average Bonchev–Trinajstić information content (AvgIpc) is 2.49. The molecule has 0 aromatic carbocycles. The molecule has 13 heavy (non-hydrogen) atoms. The van der Waals surface area contributed by atoms with Gasteiger partial charge in [-0.25, -0.2) is 14.3 Å². The number of fused-ring (bicyclic) bond motifs is 1. The van der Waals surface area contributed by atoms with Crippen molar-refractivity contribution < 1.29 is 9.53 Å². The second-order valence-corrected chi connectivity index (χ2v) is 2.35. The molecule has 0 atom stereocenters. The second-order valence-electron chi connectivity index (χ2n) is 2.35. The maximum absolute atomic E-state index is 10.4. The number of aromatic nitrogens is 3. The molecular formula is C7H6N4O2. The third-order valence-electron chi connectivity index (χ3n) is 1.47. The van der Waals surface area contributed by atoms with Gasteiger partial charge in [-0.05, 0) is 12.1 Å². The molecule has 0 saturated heterocycles. The Labute approximate surface area is 72.9 Å². The Morgan fingerprint density at radius 2 is 2.38 bits per heavy atom. The molecular weight excluding hydrogens is 172 g/mol. The summed E-state index contributed by atoms with van der Waals surface area (Å²) < 4.78 is 6.13. The van der Waals surface area contributed by atoms with Crippen molar-refractivity contribution in [2.75, 3.05) is 0 Å². The highest BCUT2D eigenvalue weighted by molar-refractivity contribution is 5.68. The van der Waals surface area contributed by atoms with Crippen LogP contribution in [-0.4, -0.2) is 20.7 Å². The monoisotopic (exact) mass is 178 g/mol. The van der Waals surface area contributed by atoms with Gasteiger partial charge >= 0.3 is 6.09 Å². The number of carbonyl (C=O) groups is 1. The van der Waals surface area contributed by atoms with Gasteiger partial charge in [-0.15, -0.1) is 0 Å². The van der Waals surface area contributed by atoms with Crippen molar-refractivity contribution in [1.29, 1.82) is 0 Å². The van der Waals surface area contributed by atoms with Crippen LogP contribution in [0.5, 0.6) is 5.75 Å². The zero-order valence-electron chi connectivity index (χ0n) is 6.54. The molecule has 0 aliphatic heterocycles. The van der Waals surface area contributed by atoms with E-state index in [9.17, 15) is 4.79 Å². The summed E-state index contributed by atoms with van der Waals surface area (Å²) in [6.07, 6.45) is 2.08. The zero-order chi connectivity index (χ0) is 9.26. The fraction of sp³-hybridized carbons (Fsp3) is 0. The van der Waals surface area contributed by atoms with Crippen LogP contribution in [0.4, 0.5) is 4.79 Å². The fourth-order valence-electron chi connectivity index (χ4n) is 0.975. The van der Waals surface area contributed by atoms with Crippen molar-refractivity contribution in [1.82, 2.24) is 14.6 Å². The normalized spacial score (nSPS) is 10.2. The van der Waals surface area contributed by atoms with Gasteiger partial charge in [-0.3, -0.25) is 0 Å². The summed E-state index contributed by atoms with van der Waals surface area (Å²) in [7, 11) is 0. The number of pyridine rings is 1. The Morgan fingerprint density at radius 1 is 1.54 bits per heavy atom. The standard InChI is InChI=1S/C7H6N4O2/c8-7(12)13-5-1-2-6-9-4-10-11(6)3-5/h1-4H,(H2,8,12). The van der Waals surface area contributed by atoms with Gasteiger partial charge in [-0.1, -0.05) is 0 Å². The molecule has 0 unspecified atom stereocenters. The molecule has 0 fully saturated rings. The lowest BCUT2D eigenvalue weighted by Gasteiger charge is -1.99. The summed E-state index contributed by atoms with van der Waals surface area (Å²) >= 11 is 0. The fourth-order valence-corrected chi connectivity index (χ4v) is 0.975. The number of nitrogens with two attached hydrogens (primary N) is 1. The Balaban J connectivity index is 2.42. The van der Waals surface area contributed by atoms with Crippen molar-refractivity contribution in [3.8, 4) is 5.75 Å². The SMILES string of the molecule is NC(=O)Oc1ccc2ncnn2c1. The molecule has 1 amide bonds. The molecule has 0 saturated carbocycles. The van der Waals surface area contributed by atoms with Crippen LogP contribution in [0.3, 0.4) is 0 Å². The zero-order valence-corrected chi connectivity index (χ0v) is 6.54. The number of carbonyl (C=O) groups excluding carboxylic acids is 1. The first-order chi connectivity index (χ1) is 6.25. The van der Waals surface area contributed by atoms with Crippen molar-refractivity contribution >= 4 is 11.7 Å². The summed E-state index contributed by atoms with van der Waals surface area (Å²) in [4.78, 5) is 14.3. The van der Waals surface area contributed by atoms with E-state index in [1.165, 1.54) is 17.0 Å². The number of ether oxygens (including phenoxy) is 1. The van der Waals surface area contributed by atoms with Gasteiger partial charge < -0.3 is 10.5 Å². The molecule has 2 rings (SSSR count). The minimum atomic E-state index is -0.848. The van der Waals surface area contributed by atoms with Gasteiger partial charge in [0.05, 0.1) is 6.20 Å². The second kappa shape index (κ2) is 2.74. The molecule has 2 heterocycles. The van der Waals surface area contributed by atoms with Gasteiger partial charge in [0.15, 0.2) is 11.4 Å². The van der Waals surface area contributed by atoms with Crippen LogP contribution in [0.2, 0.25) is 0 Å². The largest absolute Gasteiger partial charge is 0.410 e. The Morgan fingerprint density at radius 3 is 3.15 bits per heavy atom. The van der Waals surface area contributed by atoms with Crippen molar-refractivity contribution in [3.63, 3.8) is 0 Å². The molecule has 2 aromatic heterocycles. The van der Waals surface area contributed by atoms with Crippen LogP contribution >= 0.6 is 0 Å². The minimum Gasteiger partial charge on any atom is -0.409 e. The minimum absolute atomic E-state index is 0.338. The third kappa shape index (κ3) is 1.41. The first-order valence-electron chi connectivity index (χ1n) is 3.52. The molecule has 66 valence electrons. The molecule has 0 aliphatic rings. The lowest BCUT2D eigenvalue weighted by atomic mass is 10.4. The molecule has 0 radical (unpaired) electrons. The molecule has 6 nitrogen and oxygen atoms in total. The van der Waals surface area contributed by atoms with E-state index < -0.39 is 6.09 Å². The van der Waals surface area contributed by atoms with Crippen LogP contribution in [0, 0.1) is 0 Å². The van der Waals surface area contributed by atoms with E-state index in [0.29, 0.717) is 11.4 Å². The number of primary amides is 1. The molecule has 6 heteroatoms. The highest BCUT2D eigenvalue weighted by Crippen LogP contribution is 2.10. The predicted octanol–water partition coefficient (Wildman–Crippen LogP) is 0.187. The molecule has 2 N–H and O–H groups in total. The van der Waals surface area contributed by atoms with E-state index in [1.807, 2.05) is 0 Å². The lowest BCUT2D eigenvalue weighted by Crippen LogP contribution is -2.16. The Hall–Kier alpha value is -2.11. The average molecular weight is 178 g/mol. The maximum atomic E-state index is 10.4. The van der Waals surface area contributed by atoms with E-state index >= 15 is 0 Å². The van der Waals surface area contributed by atoms with E-state index in [4.69, 9.17) is 5.73 Å². The summed E-state index contributed by atoms with van der Waals surface area (Å²) in [6, 6.07) is 3.26. The quantitative estimate of drug-likeness (QED) is 0.675. The van der Waals surface area contributed by atoms with Crippen molar-refractivity contribution in [3.05, 3.63) is 24.7 Å². The van der Waals surface area contributed by atoms with E-state index in [1.54, 1.807) is 12.1 Å². The smallest absolute Gasteiger partial charge is 0.409 e. The maximum Gasteiger partial charge on any atom is 0.410 e. The first kappa shape index (κ1) is 7.53. The first-order valence-corrected chi connectivity index (χ1v) is 3.52. The number of nitrogens with zero attached hydrogens (tertiary/aromatic N) is 3. The van der Waals surface area contributed by atoms with Crippen LogP contribution < -0.4 is 10.5 Å². The lowest BCUT2D eigenvalue weighted by molar-refractivity contribution is 0.210. The third-order valence-corrected chi connectivity index (χ3v) is 1.47. The number of hydrogen-bond donors (Lipinski definition) is 1. The molecule has 2 aromatic rings. The summed E-state index contributed by atoms with van der Waals surface area (Å²) in [5.74, 6) is 0.338.